The van der Waals surface area contributed by atoms with E-state index in [2.05, 4.69) is 10.3 Å². The standard InChI is InChI=1S/C13H15FN4O/c1-9(7-18-3-2-16-8-18)17-13(19)10-4-11(14)6-12(15)5-10/h2-6,8-9H,7,15H2,1H3,(H,17,19). The van der Waals surface area contributed by atoms with Crippen LogP contribution in [0.2, 0.25) is 0 Å². The van der Waals surface area contributed by atoms with Gasteiger partial charge in [-0.25, -0.2) is 9.37 Å². The van der Waals surface area contributed by atoms with Gasteiger partial charge in [-0.05, 0) is 25.1 Å². The number of nitrogen functional groups attached to an aromatic ring is 1. The molecule has 2 aromatic rings. The van der Waals surface area contributed by atoms with Crippen LogP contribution in [0.4, 0.5) is 10.1 Å². The van der Waals surface area contributed by atoms with Crippen LogP contribution in [0.25, 0.3) is 0 Å². The predicted octanol–water partition coefficient (Wildman–Crippen LogP) is 1.42. The average molecular weight is 262 g/mol. The lowest BCUT2D eigenvalue weighted by Gasteiger charge is -2.14. The topological polar surface area (TPSA) is 72.9 Å². The number of carbonyl (C=O) groups excluding carboxylic acids is 1. The van der Waals surface area contributed by atoms with E-state index in [4.69, 9.17) is 5.73 Å². The third-order valence-electron chi connectivity index (χ3n) is 2.60. The highest BCUT2D eigenvalue weighted by Gasteiger charge is 2.11. The number of anilines is 1. The zero-order valence-corrected chi connectivity index (χ0v) is 10.5. The summed E-state index contributed by atoms with van der Waals surface area (Å²) in [5.74, 6) is -0.869. The van der Waals surface area contributed by atoms with Gasteiger partial charge in [0, 0.05) is 36.2 Å². The van der Waals surface area contributed by atoms with Gasteiger partial charge in [0.05, 0.1) is 6.33 Å². The highest BCUT2D eigenvalue weighted by molar-refractivity contribution is 5.95. The Hall–Kier alpha value is -2.37. The number of carbonyl (C=O) groups is 1. The number of aromatic nitrogens is 2. The van der Waals surface area contributed by atoms with Crippen LogP contribution in [-0.4, -0.2) is 21.5 Å². The highest BCUT2D eigenvalue weighted by Crippen LogP contribution is 2.10. The first-order chi connectivity index (χ1) is 9.04. The van der Waals surface area contributed by atoms with Gasteiger partial charge in [-0.2, -0.15) is 0 Å². The molecule has 0 spiro atoms. The van der Waals surface area contributed by atoms with E-state index in [-0.39, 0.29) is 23.2 Å². The van der Waals surface area contributed by atoms with Gasteiger partial charge < -0.3 is 15.6 Å². The molecule has 0 saturated carbocycles. The zero-order chi connectivity index (χ0) is 13.8. The van der Waals surface area contributed by atoms with Crippen molar-refractivity contribution in [1.82, 2.24) is 14.9 Å². The van der Waals surface area contributed by atoms with E-state index in [9.17, 15) is 9.18 Å². The molecule has 0 radical (unpaired) electrons. The lowest BCUT2D eigenvalue weighted by atomic mass is 10.1. The Morgan fingerprint density at radius 1 is 1.53 bits per heavy atom. The first kappa shape index (κ1) is 13.1. The fourth-order valence-corrected chi connectivity index (χ4v) is 1.81. The van der Waals surface area contributed by atoms with E-state index in [0.717, 1.165) is 6.07 Å². The minimum absolute atomic E-state index is 0.105. The molecule has 1 atom stereocenters. The molecule has 1 amide bonds. The van der Waals surface area contributed by atoms with Gasteiger partial charge >= 0.3 is 0 Å². The lowest BCUT2D eigenvalue weighted by molar-refractivity contribution is 0.0936. The quantitative estimate of drug-likeness (QED) is 0.818. The smallest absolute Gasteiger partial charge is 0.251 e. The number of hydrogen-bond acceptors (Lipinski definition) is 3. The van der Waals surface area contributed by atoms with Crippen molar-refractivity contribution < 1.29 is 9.18 Å². The molecule has 1 heterocycles. The van der Waals surface area contributed by atoms with Gasteiger partial charge in [0.25, 0.3) is 5.91 Å². The second kappa shape index (κ2) is 5.51. The summed E-state index contributed by atoms with van der Waals surface area (Å²) in [4.78, 5) is 15.8. The zero-order valence-electron chi connectivity index (χ0n) is 10.5. The summed E-state index contributed by atoms with van der Waals surface area (Å²) in [5.41, 5.74) is 5.95. The molecule has 3 N–H and O–H groups in total. The van der Waals surface area contributed by atoms with Crippen LogP contribution in [0.15, 0.2) is 36.9 Å². The number of hydrogen-bond donors (Lipinski definition) is 2. The third-order valence-corrected chi connectivity index (χ3v) is 2.60. The van der Waals surface area contributed by atoms with Gasteiger partial charge in [-0.1, -0.05) is 0 Å². The fraction of sp³-hybridized carbons (Fsp3) is 0.231. The molecule has 2 rings (SSSR count). The molecule has 1 aromatic carbocycles. The molecule has 100 valence electrons. The van der Waals surface area contributed by atoms with Gasteiger partial charge in [0.1, 0.15) is 5.82 Å². The molecule has 19 heavy (non-hydrogen) atoms. The Kier molecular flexibility index (Phi) is 3.79. The molecular formula is C13H15FN4O. The number of halogens is 1. The maximum atomic E-state index is 13.2. The van der Waals surface area contributed by atoms with Crippen LogP contribution in [0, 0.1) is 5.82 Å². The maximum absolute atomic E-state index is 13.2. The first-order valence-electron chi connectivity index (χ1n) is 5.87. The molecule has 0 aliphatic heterocycles. The molecule has 1 aromatic heterocycles. The first-order valence-corrected chi connectivity index (χ1v) is 5.87. The Morgan fingerprint density at radius 2 is 2.32 bits per heavy atom. The molecule has 0 aliphatic rings. The molecular weight excluding hydrogens is 247 g/mol. The summed E-state index contributed by atoms with van der Waals surface area (Å²) >= 11 is 0. The van der Waals surface area contributed by atoms with Crippen LogP contribution < -0.4 is 11.1 Å². The number of nitrogens with one attached hydrogen (secondary N) is 1. The molecule has 0 aliphatic carbocycles. The van der Waals surface area contributed by atoms with Crippen molar-refractivity contribution in [2.75, 3.05) is 5.73 Å². The number of rotatable bonds is 4. The van der Waals surface area contributed by atoms with Crippen molar-refractivity contribution in [1.29, 1.82) is 0 Å². The molecule has 6 heteroatoms. The van der Waals surface area contributed by atoms with Gasteiger partial charge in [0.2, 0.25) is 0 Å². The van der Waals surface area contributed by atoms with Gasteiger partial charge in [0.15, 0.2) is 0 Å². The Morgan fingerprint density at radius 3 is 2.95 bits per heavy atom. The molecule has 0 saturated heterocycles. The summed E-state index contributed by atoms with van der Waals surface area (Å²) < 4.78 is 15.0. The number of benzene rings is 1. The van der Waals surface area contributed by atoms with Crippen LogP contribution in [0.3, 0.4) is 0 Å². The van der Waals surface area contributed by atoms with Crippen LogP contribution in [-0.2, 0) is 6.54 Å². The largest absolute Gasteiger partial charge is 0.399 e. The van der Waals surface area contributed by atoms with E-state index >= 15 is 0 Å². The van der Waals surface area contributed by atoms with E-state index in [0.29, 0.717) is 6.54 Å². The monoisotopic (exact) mass is 262 g/mol. The normalized spacial score (nSPS) is 12.1. The SMILES string of the molecule is CC(Cn1ccnc1)NC(=O)c1cc(N)cc(F)c1. The summed E-state index contributed by atoms with van der Waals surface area (Å²) in [6, 6.07) is 3.68. The lowest BCUT2D eigenvalue weighted by Crippen LogP contribution is -2.35. The Balaban J connectivity index is 2.00. The number of imidazole rings is 1. The minimum Gasteiger partial charge on any atom is -0.399 e. The molecule has 1 unspecified atom stereocenters. The van der Waals surface area contributed by atoms with E-state index in [1.165, 1.54) is 12.1 Å². The van der Waals surface area contributed by atoms with E-state index in [1.807, 2.05) is 17.7 Å². The van der Waals surface area contributed by atoms with Crippen molar-refractivity contribution in [3.63, 3.8) is 0 Å². The van der Waals surface area contributed by atoms with Crippen molar-refractivity contribution >= 4 is 11.6 Å². The third kappa shape index (κ3) is 3.54. The van der Waals surface area contributed by atoms with E-state index < -0.39 is 5.82 Å². The van der Waals surface area contributed by atoms with Gasteiger partial charge in [-0.3, -0.25) is 4.79 Å². The Labute approximate surface area is 110 Å². The van der Waals surface area contributed by atoms with E-state index in [1.54, 1.807) is 12.5 Å². The predicted molar refractivity (Wildman–Crippen MR) is 70.0 cm³/mol. The van der Waals surface area contributed by atoms with Crippen molar-refractivity contribution in [2.45, 2.75) is 19.5 Å². The summed E-state index contributed by atoms with van der Waals surface area (Å²) in [5, 5.41) is 2.78. The number of nitrogens with two attached hydrogens (primary N) is 1. The average Bonchev–Trinajstić information content (AvgIpc) is 2.80. The van der Waals surface area contributed by atoms with Crippen molar-refractivity contribution in [3.8, 4) is 0 Å². The minimum atomic E-state index is -0.521. The Bertz CT molecular complexity index is 548. The highest BCUT2D eigenvalue weighted by atomic mass is 19.1. The van der Waals surface area contributed by atoms with Gasteiger partial charge in [-0.15, -0.1) is 0 Å². The summed E-state index contributed by atoms with van der Waals surface area (Å²) in [6.07, 6.45) is 5.15. The summed E-state index contributed by atoms with van der Waals surface area (Å²) in [6.45, 7) is 2.46. The number of amides is 1. The molecule has 0 bridgehead atoms. The second-order valence-corrected chi connectivity index (χ2v) is 4.41. The number of nitrogens with zero attached hydrogens (tertiary/aromatic N) is 2. The van der Waals surface area contributed by atoms with Crippen LogP contribution in [0.5, 0.6) is 0 Å². The molecule has 0 fully saturated rings. The van der Waals surface area contributed by atoms with Crippen molar-refractivity contribution in [3.05, 3.63) is 48.3 Å². The summed E-state index contributed by atoms with van der Waals surface area (Å²) in [7, 11) is 0. The molecule has 5 nitrogen and oxygen atoms in total. The fourth-order valence-electron chi connectivity index (χ4n) is 1.81. The maximum Gasteiger partial charge on any atom is 0.251 e. The second-order valence-electron chi connectivity index (χ2n) is 4.41. The van der Waals surface area contributed by atoms with Crippen molar-refractivity contribution in [2.24, 2.45) is 0 Å². The van der Waals surface area contributed by atoms with Crippen LogP contribution in [0.1, 0.15) is 17.3 Å². The van der Waals surface area contributed by atoms with Crippen LogP contribution >= 0.6 is 0 Å².